The van der Waals surface area contributed by atoms with Gasteiger partial charge in [0.05, 0.1) is 28.4 Å². The van der Waals surface area contributed by atoms with Gasteiger partial charge in [-0.05, 0) is 83.1 Å². The highest BCUT2D eigenvalue weighted by Gasteiger charge is 2.68. The maximum absolute atomic E-state index is 13.8. The Morgan fingerprint density at radius 2 is 1.89 bits per heavy atom. The Morgan fingerprint density at radius 3 is 2.60 bits per heavy atom. The third-order valence-corrected chi connectivity index (χ3v) is 13.3. The maximum Gasteiger partial charge on any atom is 0.316 e. The van der Waals surface area contributed by atoms with E-state index in [1.165, 1.54) is 4.57 Å². The Bertz CT molecular complexity index is 1730. The second kappa shape index (κ2) is 11.8. The summed E-state index contributed by atoms with van der Waals surface area (Å²) in [6, 6.07) is 14.7. The molecule has 2 aromatic carbocycles. The van der Waals surface area contributed by atoms with Crippen LogP contribution in [0.5, 0.6) is 0 Å². The Labute approximate surface area is 277 Å². The molecule has 9 heteroatoms. The van der Waals surface area contributed by atoms with E-state index in [2.05, 4.69) is 43.3 Å². The fraction of sp³-hybridized carbons (Fsp3) is 0.500. The molecule has 1 heterocycles. The van der Waals surface area contributed by atoms with Crippen molar-refractivity contribution in [2.24, 2.45) is 34.0 Å². The van der Waals surface area contributed by atoms with Crippen LogP contribution in [0.4, 0.5) is 0 Å². The highest BCUT2D eigenvalue weighted by molar-refractivity contribution is 9.10. The third-order valence-electron chi connectivity index (χ3n) is 11.7. The van der Waals surface area contributed by atoms with E-state index in [1.54, 1.807) is 12.1 Å². The van der Waals surface area contributed by atoms with E-state index >= 15 is 0 Å². The first-order chi connectivity index (χ1) is 21.4. The van der Waals surface area contributed by atoms with Crippen molar-refractivity contribution in [2.45, 2.75) is 77.2 Å². The molecule has 0 amide bonds. The highest BCUT2D eigenvalue weighted by Crippen LogP contribution is 2.68. The van der Waals surface area contributed by atoms with Crippen LogP contribution in [0, 0.1) is 34.0 Å². The Balaban J connectivity index is 1.36. The van der Waals surface area contributed by atoms with Crippen LogP contribution in [0.3, 0.4) is 0 Å². The number of hydrogen-bond donors (Lipinski definition) is 1. The van der Waals surface area contributed by atoms with E-state index in [0.29, 0.717) is 39.1 Å². The van der Waals surface area contributed by atoms with Crippen molar-refractivity contribution < 1.29 is 19.4 Å². The molecule has 8 atom stereocenters. The van der Waals surface area contributed by atoms with Crippen molar-refractivity contribution in [1.29, 1.82) is 0 Å². The van der Waals surface area contributed by atoms with Gasteiger partial charge in [-0.25, -0.2) is 4.98 Å². The number of carbonyl (C=O) groups excluding carboxylic acids is 2. The van der Waals surface area contributed by atoms with Gasteiger partial charge in [0.1, 0.15) is 11.9 Å². The number of nitrogens with zero attached hydrogens (tertiary/aromatic N) is 2. The standard InChI is InChI=1S/C36H41BrN2O5S/c1-6-34(4)19-27(35(5)21(2)15-17-36(22(3)31(34)42)18-16-26(40)30(35)36)44-28(41)20-45-33-38-25-14-10-13-24(37)29(25)32(43)39(33)23-11-8-7-9-12-23/h6-14,21-22,27,30-31,42H,1,15-20H2,2-5H3/t21-,22+,27-,30+,31+,34-,35+,36+/m1/s1. The lowest BCUT2D eigenvalue weighted by molar-refractivity contribution is -0.205. The predicted octanol–water partition coefficient (Wildman–Crippen LogP) is 7.15. The number of fused-ring (bicyclic) bond motifs is 1. The van der Waals surface area contributed by atoms with E-state index < -0.39 is 29.0 Å². The highest BCUT2D eigenvalue weighted by atomic mass is 79.9. The Kier molecular flexibility index (Phi) is 8.45. The van der Waals surface area contributed by atoms with Crippen LogP contribution >= 0.6 is 27.7 Å². The van der Waals surface area contributed by atoms with Crippen molar-refractivity contribution in [3.8, 4) is 5.69 Å². The zero-order chi connectivity index (χ0) is 32.3. The summed E-state index contributed by atoms with van der Waals surface area (Å²) in [5.41, 5.74) is -0.698. The number of ether oxygens (including phenoxy) is 1. The maximum atomic E-state index is 13.8. The lowest BCUT2D eigenvalue weighted by atomic mass is 9.44. The number of thioether (sulfide) groups is 1. The molecule has 0 unspecified atom stereocenters. The van der Waals surface area contributed by atoms with Crippen LogP contribution in [-0.2, 0) is 14.3 Å². The average molecular weight is 694 g/mol. The van der Waals surface area contributed by atoms with Gasteiger partial charge in [-0.15, -0.1) is 6.58 Å². The molecule has 0 aliphatic heterocycles. The number of aliphatic hydroxyl groups excluding tert-OH is 1. The van der Waals surface area contributed by atoms with Gasteiger partial charge in [0.2, 0.25) is 0 Å². The van der Waals surface area contributed by atoms with E-state index in [1.807, 2.05) is 49.4 Å². The number of rotatable bonds is 6. The normalized spacial score (nSPS) is 34.5. The monoisotopic (exact) mass is 692 g/mol. The summed E-state index contributed by atoms with van der Waals surface area (Å²) in [6.45, 7) is 12.5. The summed E-state index contributed by atoms with van der Waals surface area (Å²) in [5.74, 6) is -0.542. The van der Waals surface area contributed by atoms with E-state index in [0.717, 1.165) is 31.0 Å². The minimum absolute atomic E-state index is 0.0761. The second-order valence-electron chi connectivity index (χ2n) is 13.9. The van der Waals surface area contributed by atoms with Crippen LogP contribution in [0.2, 0.25) is 0 Å². The molecule has 1 aromatic heterocycles. The topological polar surface area (TPSA) is 98.5 Å². The van der Waals surface area contributed by atoms with Gasteiger partial charge in [-0.3, -0.25) is 19.0 Å². The molecule has 3 aliphatic carbocycles. The minimum atomic E-state index is -0.724. The number of esters is 1. The predicted molar refractivity (Wildman–Crippen MR) is 180 cm³/mol. The molecule has 1 N–H and O–H groups in total. The summed E-state index contributed by atoms with van der Waals surface area (Å²) in [4.78, 5) is 46.1. The van der Waals surface area contributed by atoms with Crippen molar-refractivity contribution >= 4 is 50.3 Å². The van der Waals surface area contributed by atoms with Crippen LogP contribution < -0.4 is 5.56 Å². The Morgan fingerprint density at radius 1 is 1.16 bits per heavy atom. The number of halogens is 1. The summed E-state index contributed by atoms with van der Waals surface area (Å²) in [7, 11) is 0. The van der Waals surface area contributed by atoms with Gasteiger partial charge in [0.25, 0.3) is 5.56 Å². The zero-order valence-electron chi connectivity index (χ0n) is 26.3. The van der Waals surface area contributed by atoms with Crippen LogP contribution in [0.15, 0.2) is 75.6 Å². The largest absolute Gasteiger partial charge is 0.461 e. The van der Waals surface area contributed by atoms with Gasteiger partial charge in [0.15, 0.2) is 5.16 Å². The van der Waals surface area contributed by atoms with E-state index in [-0.39, 0.29) is 40.3 Å². The van der Waals surface area contributed by atoms with Crippen LogP contribution in [0.1, 0.15) is 59.8 Å². The second-order valence-corrected chi connectivity index (χ2v) is 15.7. The quantitative estimate of drug-likeness (QED) is 0.127. The van der Waals surface area contributed by atoms with E-state index in [4.69, 9.17) is 9.72 Å². The molecule has 45 heavy (non-hydrogen) atoms. The number of carbonyl (C=O) groups is 2. The summed E-state index contributed by atoms with van der Waals surface area (Å²) < 4.78 is 8.61. The van der Waals surface area contributed by atoms with Crippen molar-refractivity contribution in [3.05, 3.63) is 76.0 Å². The van der Waals surface area contributed by atoms with Crippen LogP contribution in [-0.4, -0.2) is 44.4 Å². The summed E-state index contributed by atoms with van der Waals surface area (Å²) in [5, 5.41) is 12.6. The van der Waals surface area contributed by atoms with Crippen molar-refractivity contribution in [3.63, 3.8) is 0 Å². The lowest BCUT2D eigenvalue weighted by Crippen LogP contribution is -2.63. The summed E-state index contributed by atoms with van der Waals surface area (Å²) >= 11 is 4.66. The van der Waals surface area contributed by atoms with E-state index in [9.17, 15) is 19.5 Å². The number of Topliss-reactive ketones (excluding diaryl/α,β-unsaturated/α-hetero) is 1. The molecule has 2 bridgehead atoms. The fourth-order valence-electron chi connectivity index (χ4n) is 8.89. The first-order valence-corrected chi connectivity index (χ1v) is 17.6. The third kappa shape index (κ3) is 5.04. The molecule has 6 rings (SSSR count). The molecule has 3 fully saturated rings. The first-order valence-electron chi connectivity index (χ1n) is 15.8. The van der Waals surface area contributed by atoms with Gasteiger partial charge < -0.3 is 9.84 Å². The number of ketones is 1. The molecule has 0 saturated heterocycles. The summed E-state index contributed by atoms with van der Waals surface area (Å²) in [6.07, 6.45) is 3.88. The molecule has 3 aliphatic rings. The van der Waals surface area contributed by atoms with Crippen LogP contribution in [0.25, 0.3) is 16.6 Å². The lowest BCUT2D eigenvalue weighted by Gasteiger charge is -2.61. The number of aromatic nitrogens is 2. The molecule has 0 radical (unpaired) electrons. The number of aliphatic hydroxyl groups is 1. The van der Waals surface area contributed by atoms with Gasteiger partial charge in [0, 0.05) is 27.6 Å². The number of para-hydroxylation sites is 1. The van der Waals surface area contributed by atoms with Crippen molar-refractivity contribution in [1.82, 2.24) is 9.55 Å². The molecule has 3 saturated carbocycles. The van der Waals surface area contributed by atoms with Gasteiger partial charge in [-0.2, -0.15) is 0 Å². The SMILES string of the molecule is C=C[C@]1(C)C[C@@H](OC(=O)CSc2nc3cccc(Br)c3c(=O)n2-c2ccccc2)[C@]2(C)[C@H](C)CC[C@]3(CCC(=O)[C@H]32)[C@@H](C)[C@@H]1O. The zero-order valence-corrected chi connectivity index (χ0v) is 28.7. The minimum Gasteiger partial charge on any atom is -0.461 e. The molecule has 0 spiro atoms. The van der Waals surface area contributed by atoms with Crippen molar-refractivity contribution in [2.75, 3.05) is 5.75 Å². The fourth-order valence-corrected chi connectivity index (χ4v) is 10.2. The Hall–Kier alpha value is -2.75. The molecule has 238 valence electrons. The number of hydrogen-bond acceptors (Lipinski definition) is 7. The van der Waals surface area contributed by atoms with Gasteiger partial charge in [-0.1, -0.05) is 69.8 Å². The average Bonchev–Trinajstić information content (AvgIpc) is 3.38. The van der Waals surface area contributed by atoms with Gasteiger partial charge >= 0.3 is 5.97 Å². The molecule has 7 nitrogen and oxygen atoms in total. The first kappa shape index (κ1) is 32.2. The number of benzene rings is 2. The smallest absolute Gasteiger partial charge is 0.316 e. The molecule has 3 aromatic rings. The molecular formula is C36H41BrN2O5S. The molecular weight excluding hydrogens is 652 g/mol.